The molecule has 0 aliphatic heterocycles. The number of aliphatic hydroxyl groups excluding tert-OH is 1. The Hall–Kier alpha value is -1.35. The Morgan fingerprint density at radius 1 is 1.32 bits per heavy atom. The van der Waals surface area contributed by atoms with Crippen LogP contribution in [0.4, 0.5) is 5.69 Å². The maximum absolute atomic E-state index is 12.0. The molecule has 1 aromatic rings. The molecule has 2 atom stereocenters. The van der Waals surface area contributed by atoms with Crippen LogP contribution in [0.15, 0.2) is 24.3 Å². The van der Waals surface area contributed by atoms with E-state index in [-0.39, 0.29) is 11.3 Å². The van der Waals surface area contributed by atoms with Gasteiger partial charge in [0.05, 0.1) is 6.10 Å². The smallest absolute Gasteiger partial charge is 0.224 e. The fourth-order valence-electron chi connectivity index (χ4n) is 1.67. The van der Waals surface area contributed by atoms with Gasteiger partial charge in [0.25, 0.3) is 0 Å². The first-order valence-electron chi connectivity index (χ1n) is 6.78. The molecule has 2 N–H and O–H groups in total. The summed E-state index contributed by atoms with van der Waals surface area (Å²) >= 11 is 0. The Bertz CT molecular complexity index is 433. The molecule has 106 valence electrons. The number of benzene rings is 1. The topological polar surface area (TPSA) is 49.3 Å². The van der Waals surface area contributed by atoms with Crippen molar-refractivity contribution < 1.29 is 9.90 Å². The largest absolute Gasteiger partial charge is 0.389 e. The summed E-state index contributed by atoms with van der Waals surface area (Å²) in [5.74, 6) is 0.331. The van der Waals surface area contributed by atoms with Gasteiger partial charge < -0.3 is 10.4 Å². The summed E-state index contributed by atoms with van der Waals surface area (Å²) in [5.41, 5.74) is 1.67. The van der Waals surface area contributed by atoms with E-state index in [9.17, 15) is 9.90 Å². The van der Waals surface area contributed by atoms with Gasteiger partial charge in [0.2, 0.25) is 5.91 Å². The van der Waals surface area contributed by atoms with Gasteiger partial charge >= 0.3 is 0 Å². The van der Waals surface area contributed by atoms with E-state index in [1.165, 1.54) is 0 Å². The van der Waals surface area contributed by atoms with Crippen LogP contribution in [0.2, 0.25) is 0 Å². The number of carbonyl (C=O) groups excluding carboxylic acids is 1. The molecule has 1 rings (SSSR count). The van der Waals surface area contributed by atoms with Crippen LogP contribution in [0.3, 0.4) is 0 Å². The van der Waals surface area contributed by atoms with Crippen molar-refractivity contribution in [3.05, 3.63) is 29.8 Å². The normalized spacial score (nSPS) is 14.8. The standard InChI is InChI=1S/C16H25NO2/c1-11(16(3,4)5)9-15(19)17-14-8-6-7-13(10-14)12(2)18/h6-8,10-12,18H,9H2,1-5H3,(H,17,19). The number of hydrogen-bond donors (Lipinski definition) is 2. The van der Waals surface area contributed by atoms with Gasteiger partial charge in [0.1, 0.15) is 0 Å². The second-order valence-corrected chi connectivity index (χ2v) is 6.32. The molecular weight excluding hydrogens is 238 g/mol. The van der Waals surface area contributed by atoms with Crippen LogP contribution >= 0.6 is 0 Å². The lowest BCUT2D eigenvalue weighted by molar-refractivity contribution is -0.117. The van der Waals surface area contributed by atoms with Crippen LogP contribution in [0.5, 0.6) is 0 Å². The molecule has 1 amide bonds. The Morgan fingerprint density at radius 3 is 2.47 bits per heavy atom. The lowest BCUT2D eigenvalue weighted by Crippen LogP contribution is -2.23. The van der Waals surface area contributed by atoms with E-state index in [2.05, 4.69) is 33.0 Å². The Morgan fingerprint density at radius 2 is 1.95 bits per heavy atom. The van der Waals surface area contributed by atoms with E-state index in [1.54, 1.807) is 6.92 Å². The molecule has 3 nitrogen and oxygen atoms in total. The second-order valence-electron chi connectivity index (χ2n) is 6.32. The number of carbonyl (C=O) groups is 1. The van der Waals surface area contributed by atoms with Gasteiger partial charge in [0, 0.05) is 12.1 Å². The molecule has 3 heteroatoms. The molecule has 1 aromatic carbocycles. The van der Waals surface area contributed by atoms with Gasteiger partial charge in [-0.15, -0.1) is 0 Å². The first kappa shape index (κ1) is 15.7. The lowest BCUT2D eigenvalue weighted by atomic mass is 9.80. The summed E-state index contributed by atoms with van der Waals surface area (Å²) in [6.07, 6.45) is -0.0204. The molecule has 0 saturated heterocycles. The summed E-state index contributed by atoms with van der Waals surface area (Å²) in [4.78, 5) is 12.0. The number of nitrogens with one attached hydrogen (secondary N) is 1. The summed E-state index contributed by atoms with van der Waals surface area (Å²) < 4.78 is 0. The monoisotopic (exact) mass is 263 g/mol. The minimum Gasteiger partial charge on any atom is -0.389 e. The number of amides is 1. The molecule has 0 saturated carbocycles. The Labute approximate surface area is 116 Å². The minimum absolute atomic E-state index is 0.0187. The summed E-state index contributed by atoms with van der Waals surface area (Å²) in [5, 5.41) is 12.4. The highest BCUT2D eigenvalue weighted by molar-refractivity contribution is 5.90. The zero-order valence-electron chi connectivity index (χ0n) is 12.5. The summed E-state index contributed by atoms with van der Waals surface area (Å²) in [6, 6.07) is 7.33. The fourth-order valence-corrected chi connectivity index (χ4v) is 1.67. The zero-order chi connectivity index (χ0) is 14.6. The molecule has 0 bridgehead atoms. The molecule has 0 heterocycles. The van der Waals surface area contributed by atoms with Crippen molar-refractivity contribution >= 4 is 11.6 Å². The Balaban J connectivity index is 2.65. The first-order valence-corrected chi connectivity index (χ1v) is 6.78. The average molecular weight is 263 g/mol. The number of aliphatic hydroxyl groups is 1. The highest BCUT2D eigenvalue weighted by Crippen LogP contribution is 2.28. The van der Waals surface area contributed by atoms with E-state index in [0.29, 0.717) is 12.3 Å². The van der Waals surface area contributed by atoms with Gasteiger partial charge in [-0.3, -0.25) is 4.79 Å². The second kappa shape index (κ2) is 6.20. The minimum atomic E-state index is -0.523. The first-order chi connectivity index (χ1) is 8.70. The molecule has 2 unspecified atom stereocenters. The lowest BCUT2D eigenvalue weighted by Gasteiger charge is -2.26. The van der Waals surface area contributed by atoms with E-state index >= 15 is 0 Å². The highest BCUT2D eigenvalue weighted by Gasteiger charge is 2.22. The van der Waals surface area contributed by atoms with Crippen molar-refractivity contribution in [2.24, 2.45) is 11.3 Å². The van der Waals surface area contributed by atoms with E-state index in [1.807, 2.05) is 24.3 Å². The highest BCUT2D eigenvalue weighted by atomic mass is 16.3. The molecule has 19 heavy (non-hydrogen) atoms. The van der Waals surface area contributed by atoms with E-state index < -0.39 is 6.10 Å². The van der Waals surface area contributed by atoms with Crippen molar-refractivity contribution in [3.8, 4) is 0 Å². The predicted octanol–water partition coefficient (Wildman–Crippen LogP) is 3.75. The van der Waals surface area contributed by atoms with Crippen LogP contribution in [-0.2, 0) is 4.79 Å². The number of rotatable bonds is 4. The maximum Gasteiger partial charge on any atom is 0.224 e. The van der Waals surface area contributed by atoms with Crippen LogP contribution < -0.4 is 5.32 Å². The molecule has 0 aliphatic rings. The van der Waals surface area contributed by atoms with Crippen molar-refractivity contribution in [1.82, 2.24) is 0 Å². The third-order valence-corrected chi connectivity index (χ3v) is 3.62. The summed E-state index contributed by atoms with van der Waals surface area (Å²) in [7, 11) is 0. The fraction of sp³-hybridized carbons (Fsp3) is 0.562. The molecule has 0 radical (unpaired) electrons. The molecule has 0 fully saturated rings. The maximum atomic E-state index is 12.0. The number of anilines is 1. The van der Waals surface area contributed by atoms with E-state index in [0.717, 1.165) is 11.3 Å². The van der Waals surface area contributed by atoms with Crippen LogP contribution in [0.1, 0.15) is 52.7 Å². The Kier molecular flexibility index (Phi) is 5.12. The molecule has 0 aliphatic carbocycles. The van der Waals surface area contributed by atoms with Gasteiger partial charge in [-0.1, -0.05) is 39.8 Å². The SMILES string of the molecule is CC(O)c1cccc(NC(=O)CC(C)C(C)(C)C)c1. The van der Waals surface area contributed by atoms with Crippen LogP contribution in [0.25, 0.3) is 0 Å². The third kappa shape index (κ3) is 5.03. The van der Waals surface area contributed by atoms with Crippen molar-refractivity contribution in [2.75, 3.05) is 5.32 Å². The van der Waals surface area contributed by atoms with Gasteiger partial charge in [-0.25, -0.2) is 0 Å². The van der Waals surface area contributed by atoms with Crippen molar-refractivity contribution in [1.29, 1.82) is 0 Å². The average Bonchev–Trinajstić information content (AvgIpc) is 2.27. The third-order valence-electron chi connectivity index (χ3n) is 3.62. The summed E-state index contributed by atoms with van der Waals surface area (Å²) in [6.45, 7) is 10.2. The van der Waals surface area contributed by atoms with Crippen LogP contribution in [0, 0.1) is 11.3 Å². The van der Waals surface area contributed by atoms with Gasteiger partial charge in [-0.05, 0) is 36.0 Å². The molecular formula is C16H25NO2. The predicted molar refractivity (Wildman–Crippen MR) is 78.9 cm³/mol. The number of hydrogen-bond acceptors (Lipinski definition) is 2. The molecule has 0 spiro atoms. The molecule has 0 aromatic heterocycles. The van der Waals surface area contributed by atoms with Crippen molar-refractivity contribution in [3.63, 3.8) is 0 Å². The van der Waals surface area contributed by atoms with Gasteiger partial charge in [-0.2, -0.15) is 0 Å². The van der Waals surface area contributed by atoms with Gasteiger partial charge in [0.15, 0.2) is 0 Å². The van der Waals surface area contributed by atoms with E-state index in [4.69, 9.17) is 0 Å². The zero-order valence-corrected chi connectivity index (χ0v) is 12.5. The quantitative estimate of drug-likeness (QED) is 0.869. The van der Waals surface area contributed by atoms with Crippen molar-refractivity contribution in [2.45, 2.75) is 47.1 Å². The van der Waals surface area contributed by atoms with Crippen LogP contribution in [-0.4, -0.2) is 11.0 Å².